The van der Waals surface area contributed by atoms with Gasteiger partial charge < -0.3 is 0 Å². The molecule has 152 valence electrons. The van der Waals surface area contributed by atoms with Crippen LogP contribution in [0, 0.1) is 5.82 Å². The average Bonchev–Trinajstić information content (AvgIpc) is 3.34. The molecule has 3 aromatic carbocycles. The third kappa shape index (κ3) is 3.75. The summed E-state index contributed by atoms with van der Waals surface area (Å²) in [7, 11) is 0. The van der Waals surface area contributed by atoms with E-state index < -0.39 is 5.82 Å². The van der Waals surface area contributed by atoms with Crippen molar-refractivity contribution in [3.8, 4) is 11.4 Å². The maximum Gasteiger partial charge on any atom is 0.266 e. The van der Waals surface area contributed by atoms with Gasteiger partial charge in [-0.2, -0.15) is 5.10 Å². The van der Waals surface area contributed by atoms with Crippen LogP contribution in [-0.4, -0.2) is 19.3 Å². The van der Waals surface area contributed by atoms with Gasteiger partial charge >= 0.3 is 0 Å². The molecule has 0 aliphatic rings. The summed E-state index contributed by atoms with van der Waals surface area (Å²) < 4.78 is 17.7. The van der Waals surface area contributed by atoms with Crippen LogP contribution in [-0.2, 0) is 5.75 Å². The van der Waals surface area contributed by atoms with Gasteiger partial charge in [0.1, 0.15) is 5.82 Å². The van der Waals surface area contributed by atoms with Crippen LogP contribution in [0.15, 0.2) is 101 Å². The molecule has 7 heteroatoms. The summed E-state index contributed by atoms with van der Waals surface area (Å²) in [5.74, 6) is 0.116. The van der Waals surface area contributed by atoms with Crippen LogP contribution in [0.2, 0.25) is 0 Å². The smallest absolute Gasteiger partial charge is 0.266 e. The lowest BCUT2D eigenvalue weighted by Gasteiger charge is -2.14. The van der Waals surface area contributed by atoms with E-state index >= 15 is 0 Å². The van der Waals surface area contributed by atoms with Gasteiger partial charge in [-0.15, -0.1) is 0 Å². The standard InChI is InChI=1S/C24H17FN4OS/c25-20-7-2-4-9-22(20)29-23(30)19-6-1-3-8-21(19)27-24(29)31-16-17-10-12-18(13-11-17)28-15-5-14-26-28/h1-15H,16H2. The van der Waals surface area contributed by atoms with Crippen molar-refractivity contribution < 1.29 is 4.39 Å². The normalized spacial score (nSPS) is 11.1. The number of benzene rings is 3. The van der Waals surface area contributed by atoms with E-state index in [1.54, 1.807) is 47.3 Å². The Hall–Kier alpha value is -3.71. The highest BCUT2D eigenvalue weighted by atomic mass is 32.2. The van der Waals surface area contributed by atoms with E-state index in [1.165, 1.54) is 22.4 Å². The summed E-state index contributed by atoms with van der Waals surface area (Å²) in [5, 5.41) is 5.14. The van der Waals surface area contributed by atoms with E-state index in [1.807, 2.05) is 42.6 Å². The fourth-order valence-corrected chi connectivity index (χ4v) is 4.33. The van der Waals surface area contributed by atoms with Gasteiger partial charge in [0.2, 0.25) is 0 Å². The molecule has 0 aliphatic carbocycles. The summed E-state index contributed by atoms with van der Waals surface area (Å²) >= 11 is 1.40. The Balaban J connectivity index is 1.52. The summed E-state index contributed by atoms with van der Waals surface area (Å²) in [6, 6.07) is 23.3. The lowest BCUT2D eigenvalue weighted by Crippen LogP contribution is -2.22. The Labute approximate surface area is 181 Å². The highest BCUT2D eigenvalue weighted by molar-refractivity contribution is 7.98. The first kappa shape index (κ1) is 19.3. The van der Waals surface area contributed by atoms with E-state index in [4.69, 9.17) is 0 Å². The Bertz CT molecular complexity index is 1410. The van der Waals surface area contributed by atoms with Crippen LogP contribution in [0.25, 0.3) is 22.3 Å². The predicted molar refractivity (Wildman–Crippen MR) is 120 cm³/mol. The highest BCUT2D eigenvalue weighted by Gasteiger charge is 2.16. The quantitative estimate of drug-likeness (QED) is 0.292. The summed E-state index contributed by atoms with van der Waals surface area (Å²) in [4.78, 5) is 17.9. The van der Waals surface area contributed by atoms with Gasteiger partial charge in [-0.05, 0) is 48.0 Å². The number of nitrogens with zero attached hydrogens (tertiary/aromatic N) is 4. The van der Waals surface area contributed by atoms with Gasteiger partial charge in [0.15, 0.2) is 5.16 Å². The molecule has 2 heterocycles. The van der Waals surface area contributed by atoms with Crippen LogP contribution in [0.1, 0.15) is 5.56 Å². The number of aromatic nitrogens is 4. The van der Waals surface area contributed by atoms with Crippen molar-refractivity contribution in [1.82, 2.24) is 19.3 Å². The van der Waals surface area contributed by atoms with Gasteiger partial charge in [0.25, 0.3) is 5.56 Å². The number of thioether (sulfide) groups is 1. The predicted octanol–water partition coefficient (Wildman–Crippen LogP) is 5.00. The van der Waals surface area contributed by atoms with Crippen LogP contribution >= 0.6 is 11.8 Å². The van der Waals surface area contributed by atoms with Gasteiger partial charge in [-0.1, -0.05) is 48.2 Å². The third-order valence-corrected chi connectivity index (χ3v) is 5.92. The zero-order chi connectivity index (χ0) is 21.2. The number of hydrogen-bond donors (Lipinski definition) is 0. The first-order chi connectivity index (χ1) is 15.2. The molecule has 0 bridgehead atoms. The van der Waals surface area contributed by atoms with Gasteiger partial charge in [-0.3, -0.25) is 9.36 Å². The largest absolute Gasteiger partial charge is 0.268 e. The summed E-state index contributed by atoms with van der Waals surface area (Å²) in [6.07, 6.45) is 3.62. The van der Waals surface area contributed by atoms with E-state index in [0.29, 0.717) is 21.8 Å². The lowest BCUT2D eigenvalue weighted by molar-refractivity contribution is 0.608. The average molecular weight is 428 g/mol. The molecule has 0 spiro atoms. The first-order valence-electron chi connectivity index (χ1n) is 9.69. The van der Waals surface area contributed by atoms with Crippen molar-refractivity contribution in [3.63, 3.8) is 0 Å². The van der Waals surface area contributed by atoms with E-state index in [2.05, 4.69) is 10.1 Å². The molecule has 2 aromatic heterocycles. The Morgan fingerprint density at radius 1 is 0.903 bits per heavy atom. The number of para-hydroxylation sites is 2. The molecular formula is C24H17FN4OS. The Kier molecular flexibility index (Phi) is 5.09. The number of halogens is 1. The molecule has 5 nitrogen and oxygen atoms in total. The minimum Gasteiger partial charge on any atom is -0.268 e. The van der Waals surface area contributed by atoms with Crippen LogP contribution in [0.3, 0.4) is 0 Å². The molecule has 0 atom stereocenters. The SMILES string of the molecule is O=c1c2ccccc2nc(SCc2ccc(-n3cccn3)cc2)n1-c1ccccc1F. The second kappa shape index (κ2) is 8.20. The maximum atomic E-state index is 14.6. The van der Waals surface area contributed by atoms with E-state index in [0.717, 1.165) is 11.3 Å². The Morgan fingerprint density at radius 2 is 1.68 bits per heavy atom. The van der Waals surface area contributed by atoms with Gasteiger partial charge in [-0.25, -0.2) is 14.1 Å². The van der Waals surface area contributed by atoms with Crippen molar-refractivity contribution in [2.45, 2.75) is 10.9 Å². The monoisotopic (exact) mass is 428 g/mol. The molecule has 0 radical (unpaired) electrons. The van der Waals surface area contributed by atoms with Crippen LogP contribution < -0.4 is 5.56 Å². The molecule has 0 amide bonds. The topological polar surface area (TPSA) is 52.7 Å². The summed E-state index contributed by atoms with van der Waals surface area (Å²) in [6.45, 7) is 0. The van der Waals surface area contributed by atoms with Crippen molar-refractivity contribution in [2.24, 2.45) is 0 Å². The number of fused-ring (bicyclic) bond motifs is 1. The molecule has 0 N–H and O–H groups in total. The molecule has 5 aromatic rings. The molecule has 5 rings (SSSR count). The summed E-state index contributed by atoms with van der Waals surface area (Å²) in [5.41, 5.74) is 2.53. The van der Waals surface area contributed by atoms with Crippen molar-refractivity contribution >= 4 is 22.7 Å². The molecule has 0 aliphatic heterocycles. The van der Waals surface area contributed by atoms with E-state index in [9.17, 15) is 9.18 Å². The fourth-order valence-electron chi connectivity index (χ4n) is 3.37. The molecule has 0 unspecified atom stereocenters. The maximum absolute atomic E-state index is 14.6. The highest BCUT2D eigenvalue weighted by Crippen LogP contribution is 2.26. The minimum absolute atomic E-state index is 0.197. The fraction of sp³-hybridized carbons (Fsp3) is 0.0417. The minimum atomic E-state index is -0.466. The van der Waals surface area contributed by atoms with Gasteiger partial charge in [0, 0.05) is 18.1 Å². The Morgan fingerprint density at radius 3 is 2.45 bits per heavy atom. The molecule has 0 saturated carbocycles. The van der Waals surface area contributed by atoms with Crippen molar-refractivity contribution in [1.29, 1.82) is 0 Å². The second-order valence-corrected chi connectivity index (χ2v) is 7.85. The molecule has 0 fully saturated rings. The second-order valence-electron chi connectivity index (χ2n) is 6.91. The zero-order valence-electron chi connectivity index (χ0n) is 16.4. The van der Waals surface area contributed by atoms with Crippen LogP contribution in [0.5, 0.6) is 0 Å². The molecule has 31 heavy (non-hydrogen) atoms. The molecular weight excluding hydrogens is 411 g/mol. The number of hydrogen-bond acceptors (Lipinski definition) is 4. The third-order valence-electron chi connectivity index (χ3n) is 4.91. The van der Waals surface area contributed by atoms with Crippen molar-refractivity contribution in [2.75, 3.05) is 0 Å². The van der Waals surface area contributed by atoms with Crippen molar-refractivity contribution in [3.05, 3.63) is 113 Å². The molecule has 0 saturated heterocycles. The lowest BCUT2D eigenvalue weighted by atomic mass is 10.2. The van der Waals surface area contributed by atoms with Crippen LogP contribution in [0.4, 0.5) is 4.39 Å². The van der Waals surface area contributed by atoms with Gasteiger partial charge in [0.05, 0.1) is 22.3 Å². The zero-order valence-corrected chi connectivity index (χ0v) is 17.2. The first-order valence-corrected chi connectivity index (χ1v) is 10.7. The van der Waals surface area contributed by atoms with E-state index in [-0.39, 0.29) is 11.2 Å². The number of rotatable bonds is 5.